The molecule has 168 valence electrons. The molecule has 8 nitrogen and oxygen atoms in total. The monoisotopic (exact) mass is 474 g/mol. The predicted octanol–water partition coefficient (Wildman–Crippen LogP) is 4.01. The van der Waals surface area contributed by atoms with Crippen molar-refractivity contribution in [2.45, 2.75) is 38.3 Å². The standard InChI is InChI=1S/C22H24Cl2N6O2/c23-18-9-16-17(10-19(18)24)22(26-15-3-1-2-4-15)28-27-21(16)14-11-25-30(12-14)13-20(31)29-5-7-32-8-6-29/h9-12,15H,1-8,13H2,(H,26,28). The van der Waals surface area contributed by atoms with E-state index in [1.165, 1.54) is 12.8 Å². The van der Waals surface area contributed by atoms with E-state index >= 15 is 0 Å². The van der Waals surface area contributed by atoms with Gasteiger partial charge < -0.3 is 15.0 Å². The molecule has 1 saturated carbocycles. The summed E-state index contributed by atoms with van der Waals surface area (Å²) < 4.78 is 6.94. The summed E-state index contributed by atoms with van der Waals surface area (Å²) in [6.45, 7) is 2.53. The Morgan fingerprint density at radius 2 is 1.81 bits per heavy atom. The van der Waals surface area contributed by atoms with Crippen molar-refractivity contribution in [2.75, 3.05) is 31.6 Å². The topological polar surface area (TPSA) is 85.2 Å². The van der Waals surface area contributed by atoms with Crippen LogP contribution in [0.2, 0.25) is 10.0 Å². The largest absolute Gasteiger partial charge is 0.378 e. The lowest BCUT2D eigenvalue weighted by Gasteiger charge is -2.26. The average molecular weight is 475 g/mol. The molecule has 0 spiro atoms. The number of hydrogen-bond acceptors (Lipinski definition) is 6. The summed E-state index contributed by atoms with van der Waals surface area (Å²) in [7, 11) is 0. The van der Waals surface area contributed by atoms with Crippen LogP contribution in [0.3, 0.4) is 0 Å². The molecule has 1 aliphatic heterocycles. The summed E-state index contributed by atoms with van der Waals surface area (Å²) in [6.07, 6.45) is 8.19. The molecule has 1 saturated heterocycles. The Balaban J connectivity index is 1.45. The number of nitrogens with zero attached hydrogens (tertiary/aromatic N) is 5. The fourth-order valence-corrected chi connectivity index (χ4v) is 4.68. The van der Waals surface area contributed by atoms with Crippen molar-refractivity contribution in [3.05, 3.63) is 34.6 Å². The van der Waals surface area contributed by atoms with Crippen molar-refractivity contribution in [3.63, 3.8) is 0 Å². The van der Waals surface area contributed by atoms with Crippen LogP contribution in [0.15, 0.2) is 24.5 Å². The zero-order valence-electron chi connectivity index (χ0n) is 17.6. The molecule has 5 rings (SSSR count). The number of amides is 1. The van der Waals surface area contributed by atoms with Crippen LogP contribution in [0.1, 0.15) is 25.7 Å². The number of carbonyl (C=O) groups excluding carboxylic acids is 1. The van der Waals surface area contributed by atoms with Gasteiger partial charge in [-0.05, 0) is 25.0 Å². The number of nitrogens with one attached hydrogen (secondary N) is 1. The van der Waals surface area contributed by atoms with Gasteiger partial charge in [-0.15, -0.1) is 10.2 Å². The van der Waals surface area contributed by atoms with Gasteiger partial charge in [0.25, 0.3) is 0 Å². The second-order valence-corrected chi connectivity index (χ2v) is 9.07. The van der Waals surface area contributed by atoms with E-state index in [1.807, 2.05) is 18.3 Å². The molecule has 0 atom stereocenters. The van der Waals surface area contributed by atoms with Crippen molar-refractivity contribution in [2.24, 2.45) is 0 Å². The second kappa shape index (κ2) is 9.21. The van der Waals surface area contributed by atoms with Gasteiger partial charge in [0.2, 0.25) is 5.91 Å². The average Bonchev–Trinajstić information content (AvgIpc) is 3.48. The number of rotatable bonds is 5. The summed E-state index contributed by atoms with van der Waals surface area (Å²) in [4.78, 5) is 14.4. The van der Waals surface area contributed by atoms with Gasteiger partial charge in [-0.3, -0.25) is 9.48 Å². The van der Waals surface area contributed by atoms with Gasteiger partial charge in [0.15, 0.2) is 5.82 Å². The van der Waals surface area contributed by atoms with Crippen molar-refractivity contribution in [3.8, 4) is 11.3 Å². The minimum absolute atomic E-state index is 0.0184. The van der Waals surface area contributed by atoms with E-state index in [1.54, 1.807) is 15.8 Å². The van der Waals surface area contributed by atoms with E-state index in [2.05, 4.69) is 20.6 Å². The van der Waals surface area contributed by atoms with Crippen molar-refractivity contribution >= 4 is 45.7 Å². The molecule has 0 radical (unpaired) electrons. The molecule has 2 fully saturated rings. The number of carbonyl (C=O) groups is 1. The number of anilines is 1. The molecular weight excluding hydrogens is 451 g/mol. The first kappa shape index (κ1) is 21.4. The fourth-order valence-electron chi connectivity index (χ4n) is 4.35. The molecule has 0 unspecified atom stereocenters. The summed E-state index contributed by atoms with van der Waals surface area (Å²) in [5.74, 6) is 0.730. The van der Waals surface area contributed by atoms with Gasteiger partial charge in [0.05, 0.1) is 29.5 Å². The van der Waals surface area contributed by atoms with Crippen LogP contribution in [0.4, 0.5) is 5.82 Å². The Bertz CT molecular complexity index is 1140. The Labute approximate surface area is 195 Å². The van der Waals surface area contributed by atoms with Gasteiger partial charge in [-0.2, -0.15) is 5.10 Å². The van der Waals surface area contributed by atoms with Gasteiger partial charge in [-0.1, -0.05) is 36.0 Å². The Kier molecular flexibility index (Phi) is 6.17. The number of ether oxygens (including phenoxy) is 1. The van der Waals surface area contributed by atoms with E-state index in [4.69, 9.17) is 27.9 Å². The third kappa shape index (κ3) is 4.40. The van der Waals surface area contributed by atoms with Crippen LogP contribution in [-0.2, 0) is 16.1 Å². The zero-order chi connectivity index (χ0) is 22.1. The number of fused-ring (bicyclic) bond motifs is 1. The summed E-state index contributed by atoms with van der Waals surface area (Å²) in [5.41, 5.74) is 1.42. The van der Waals surface area contributed by atoms with Crippen LogP contribution in [0.25, 0.3) is 22.0 Å². The van der Waals surface area contributed by atoms with Crippen LogP contribution >= 0.6 is 23.2 Å². The molecule has 3 heterocycles. The quantitative estimate of drug-likeness (QED) is 0.600. The SMILES string of the molecule is O=C(Cn1cc(-c2nnc(NC3CCCC3)c3cc(Cl)c(Cl)cc23)cn1)N1CCOCC1. The van der Waals surface area contributed by atoms with Gasteiger partial charge in [-0.25, -0.2) is 0 Å². The molecule has 1 amide bonds. The van der Waals surface area contributed by atoms with Gasteiger partial charge in [0.1, 0.15) is 12.2 Å². The highest BCUT2D eigenvalue weighted by atomic mass is 35.5. The maximum Gasteiger partial charge on any atom is 0.244 e. The van der Waals surface area contributed by atoms with E-state index < -0.39 is 0 Å². The molecule has 1 aromatic carbocycles. The maximum absolute atomic E-state index is 12.6. The van der Waals surface area contributed by atoms with Crippen LogP contribution in [0.5, 0.6) is 0 Å². The van der Waals surface area contributed by atoms with Crippen molar-refractivity contribution < 1.29 is 9.53 Å². The number of morpholine rings is 1. The zero-order valence-corrected chi connectivity index (χ0v) is 19.1. The predicted molar refractivity (Wildman–Crippen MR) is 124 cm³/mol. The van der Waals surface area contributed by atoms with E-state index in [9.17, 15) is 4.79 Å². The highest BCUT2D eigenvalue weighted by molar-refractivity contribution is 6.43. The molecule has 2 aliphatic rings. The third-order valence-electron chi connectivity index (χ3n) is 6.08. The van der Waals surface area contributed by atoms with Crippen molar-refractivity contribution in [1.82, 2.24) is 24.9 Å². The van der Waals surface area contributed by atoms with Gasteiger partial charge in [0, 0.05) is 41.7 Å². The first-order valence-electron chi connectivity index (χ1n) is 10.9. The Hall–Kier alpha value is -2.42. The second-order valence-electron chi connectivity index (χ2n) is 8.25. The third-order valence-corrected chi connectivity index (χ3v) is 6.81. The molecule has 32 heavy (non-hydrogen) atoms. The first-order chi connectivity index (χ1) is 15.6. The van der Waals surface area contributed by atoms with Crippen LogP contribution in [-0.4, -0.2) is 63.1 Å². The molecule has 2 aromatic heterocycles. The maximum atomic E-state index is 12.6. The highest BCUT2D eigenvalue weighted by Gasteiger charge is 2.21. The normalized spacial score (nSPS) is 17.2. The first-order valence-corrected chi connectivity index (χ1v) is 11.6. The number of aromatic nitrogens is 4. The number of hydrogen-bond donors (Lipinski definition) is 1. The lowest BCUT2D eigenvalue weighted by atomic mass is 10.1. The van der Waals surface area contributed by atoms with Crippen LogP contribution in [0, 0.1) is 0 Å². The van der Waals surface area contributed by atoms with Gasteiger partial charge >= 0.3 is 0 Å². The lowest BCUT2D eigenvalue weighted by Crippen LogP contribution is -2.42. The molecule has 1 N–H and O–H groups in total. The minimum atomic E-state index is 0.0184. The van der Waals surface area contributed by atoms with Crippen LogP contribution < -0.4 is 5.32 Å². The summed E-state index contributed by atoms with van der Waals surface area (Å²) in [5, 5.41) is 19.5. The number of benzene rings is 1. The van der Waals surface area contributed by atoms with Crippen molar-refractivity contribution in [1.29, 1.82) is 0 Å². The molecular formula is C22H24Cl2N6O2. The van der Waals surface area contributed by atoms with E-state index in [0.717, 1.165) is 29.2 Å². The highest BCUT2D eigenvalue weighted by Crippen LogP contribution is 2.36. The molecule has 0 bridgehead atoms. The Morgan fingerprint density at radius 1 is 1.09 bits per heavy atom. The Morgan fingerprint density at radius 3 is 2.56 bits per heavy atom. The molecule has 10 heteroatoms. The minimum Gasteiger partial charge on any atom is -0.378 e. The number of halogens is 2. The summed E-state index contributed by atoms with van der Waals surface area (Å²) in [6, 6.07) is 4.04. The molecule has 3 aromatic rings. The smallest absolute Gasteiger partial charge is 0.244 e. The van der Waals surface area contributed by atoms with E-state index in [-0.39, 0.29) is 12.5 Å². The van der Waals surface area contributed by atoms with E-state index in [0.29, 0.717) is 53.9 Å². The lowest BCUT2D eigenvalue weighted by molar-refractivity contribution is -0.136. The summed E-state index contributed by atoms with van der Waals surface area (Å²) >= 11 is 12.7. The fraction of sp³-hybridized carbons (Fsp3) is 0.455. The molecule has 1 aliphatic carbocycles.